The van der Waals surface area contributed by atoms with Crippen LogP contribution in [0.25, 0.3) is 10.1 Å². The Morgan fingerprint density at radius 2 is 2.07 bits per heavy atom. The lowest BCUT2D eigenvalue weighted by Gasteiger charge is -1.99. The molecular weight excluding hydrogens is 224 g/mol. The van der Waals surface area contributed by atoms with Gasteiger partial charge in [0.2, 0.25) is 0 Å². The van der Waals surface area contributed by atoms with E-state index in [1.54, 1.807) is 18.2 Å². The molecule has 2 N–H and O–H groups in total. The topological polar surface area (TPSA) is 26.0 Å². The second kappa shape index (κ2) is 3.40. The standard InChI is InChI=1S/C9H7F2NS2/c10-8(11)7-5-3-4(12)1-2-6(5)14-9(7)13/h1-3,8,13H,12H2. The maximum Gasteiger partial charge on any atom is 0.266 e. The van der Waals surface area contributed by atoms with Gasteiger partial charge in [-0.3, -0.25) is 0 Å². The minimum atomic E-state index is -2.50. The first-order valence-electron chi connectivity index (χ1n) is 3.88. The molecule has 1 aromatic carbocycles. The van der Waals surface area contributed by atoms with Crippen molar-refractivity contribution in [3.63, 3.8) is 0 Å². The molecule has 0 saturated heterocycles. The highest BCUT2D eigenvalue weighted by Gasteiger charge is 2.18. The van der Waals surface area contributed by atoms with E-state index in [4.69, 9.17) is 5.73 Å². The van der Waals surface area contributed by atoms with Crippen molar-refractivity contribution < 1.29 is 8.78 Å². The van der Waals surface area contributed by atoms with Gasteiger partial charge in [-0.2, -0.15) is 0 Å². The van der Waals surface area contributed by atoms with Crippen LogP contribution in [0.4, 0.5) is 14.5 Å². The minimum Gasteiger partial charge on any atom is -0.399 e. The number of benzene rings is 1. The summed E-state index contributed by atoms with van der Waals surface area (Å²) in [6.07, 6.45) is -2.50. The summed E-state index contributed by atoms with van der Waals surface area (Å²) in [5.41, 5.74) is 6.01. The third kappa shape index (κ3) is 1.46. The van der Waals surface area contributed by atoms with Crippen LogP contribution in [-0.4, -0.2) is 0 Å². The Morgan fingerprint density at radius 1 is 1.36 bits per heavy atom. The van der Waals surface area contributed by atoms with Gasteiger partial charge < -0.3 is 5.73 Å². The van der Waals surface area contributed by atoms with Crippen LogP contribution < -0.4 is 5.73 Å². The van der Waals surface area contributed by atoms with Crippen molar-refractivity contribution in [1.82, 2.24) is 0 Å². The van der Waals surface area contributed by atoms with E-state index in [1.165, 1.54) is 11.3 Å². The van der Waals surface area contributed by atoms with Gasteiger partial charge in [0.05, 0.1) is 4.21 Å². The fraction of sp³-hybridized carbons (Fsp3) is 0.111. The number of anilines is 1. The Balaban J connectivity index is 2.79. The van der Waals surface area contributed by atoms with E-state index in [0.717, 1.165) is 4.70 Å². The largest absolute Gasteiger partial charge is 0.399 e. The highest BCUT2D eigenvalue weighted by atomic mass is 32.2. The monoisotopic (exact) mass is 231 g/mol. The molecule has 2 rings (SSSR count). The molecule has 0 aliphatic carbocycles. The average Bonchev–Trinajstić information content (AvgIpc) is 2.40. The van der Waals surface area contributed by atoms with Crippen molar-refractivity contribution in [2.75, 3.05) is 5.73 Å². The molecule has 0 saturated carbocycles. The second-order valence-electron chi connectivity index (χ2n) is 2.88. The predicted octanol–water partition coefficient (Wildman–Crippen LogP) is 3.71. The Hall–Kier alpha value is -0.810. The number of hydrogen-bond acceptors (Lipinski definition) is 3. The molecule has 0 fully saturated rings. The summed E-state index contributed by atoms with van der Waals surface area (Å²) in [6, 6.07) is 5.00. The SMILES string of the molecule is Nc1ccc2sc(S)c(C(F)F)c2c1. The molecule has 0 aliphatic heterocycles. The number of alkyl halides is 2. The Morgan fingerprint density at radius 3 is 2.71 bits per heavy atom. The number of nitrogen functional groups attached to an aromatic ring is 1. The van der Waals surface area contributed by atoms with Crippen LogP contribution >= 0.6 is 24.0 Å². The highest BCUT2D eigenvalue weighted by molar-refractivity contribution is 7.83. The molecule has 0 aliphatic rings. The zero-order valence-electron chi connectivity index (χ0n) is 7.00. The summed E-state index contributed by atoms with van der Waals surface area (Å²) >= 11 is 5.27. The van der Waals surface area contributed by atoms with Gasteiger partial charge in [0.15, 0.2) is 0 Å². The number of thiophene rings is 1. The van der Waals surface area contributed by atoms with Gasteiger partial charge in [0, 0.05) is 21.3 Å². The molecule has 0 spiro atoms. The van der Waals surface area contributed by atoms with Crippen LogP contribution in [0, 0.1) is 0 Å². The minimum absolute atomic E-state index is 0.0133. The van der Waals surface area contributed by atoms with Gasteiger partial charge in [-0.25, -0.2) is 8.78 Å². The third-order valence-electron chi connectivity index (χ3n) is 1.95. The van der Waals surface area contributed by atoms with Crippen LogP contribution in [0.1, 0.15) is 12.0 Å². The molecule has 0 unspecified atom stereocenters. The normalized spacial score (nSPS) is 11.4. The summed E-state index contributed by atoms with van der Waals surface area (Å²) in [4.78, 5) is 0. The molecule has 5 heteroatoms. The van der Waals surface area contributed by atoms with Crippen LogP contribution in [0.2, 0.25) is 0 Å². The van der Waals surface area contributed by atoms with Crippen LogP contribution in [-0.2, 0) is 0 Å². The molecule has 0 atom stereocenters. The number of hydrogen-bond donors (Lipinski definition) is 2. The number of rotatable bonds is 1. The van der Waals surface area contributed by atoms with E-state index in [-0.39, 0.29) is 5.56 Å². The van der Waals surface area contributed by atoms with Gasteiger partial charge in [0.1, 0.15) is 0 Å². The quantitative estimate of drug-likeness (QED) is 0.568. The molecule has 2 aromatic rings. The van der Waals surface area contributed by atoms with E-state index >= 15 is 0 Å². The maximum atomic E-state index is 12.6. The first-order chi connectivity index (χ1) is 6.59. The predicted molar refractivity (Wildman–Crippen MR) is 58.4 cm³/mol. The highest BCUT2D eigenvalue weighted by Crippen LogP contribution is 2.40. The van der Waals surface area contributed by atoms with Crippen molar-refractivity contribution in [2.24, 2.45) is 0 Å². The van der Waals surface area contributed by atoms with Crippen molar-refractivity contribution in [3.05, 3.63) is 23.8 Å². The summed E-state index contributed by atoms with van der Waals surface area (Å²) in [5.74, 6) is 0. The zero-order chi connectivity index (χ0) is 10.3. The lowest BCUT2D eigenvalue weighted by molar-refractivity contribution is 0.151. The van der Waals surface area contributed by atoms with Crippen LogP contribution in [0.15, 0.2) is 22.4 Å². The Labute approximate surface area is 88.9 Å². The Kier molecular flexibility index (Phi) is 2.36. The van der Waals surface area contributed by atoms with Crippen molar-refractivity contribution >= 4 is 39.7 Å². The smallest absolute Gasteiger partial charge is 0.266 e. The summed E-state index contributed by atoms with van der Waals surface area (Å²) in [7, 11) is 0. The van der Waals surface area contributed by atoms with E-state index in [9.17, 15) is 8.78 Å². The molecule has 74 valence electrons. The molecule has 1 aromatic heterocycles. The third-order valence-corrected chi connectivity index (χ3v) is 3.45. The lowest BCUT2D eigenvalue weighted by Crippen LogP contribution is -1.85. The number of thiol groups is 1. The second-order valence-corrected chi connectivity index (χ2v) is 4.68. The summed E-state index contributed by atoms with van der Waals surface area (Å²) in [6.45, 7) is 0. The van der Waals surface area contributed by atoms with E-state index in [2.05, 4.69) is 12.6 Å². The molecule has 14 heavy (non-hydrogen) atoms. The first-order valence-corrected chi connectivity index (χ1v) is 5.15. The van der Waals surface area contributed by atoms with Crippen molar-refractivity contribution in [3.8, 4) is 0 Å². The fourth-order valence-electron chi connectivity index (χ4n) is 1.33. The van der Waals surface area contributed by atoms with Crippen molar-refractivity contribution in [1.29, 1.82) is 0 Å². The molecule has 1 heterocycles. The maximum absolute atomic E-state index is 12.6. The molecule has 1 nitrogen and oxygen atoms in total. The summed E-state index contributed by atoms with van der Waals surface area (Å²) < 4.78 is 26.4. The summed E-state index contributed by atoms with van der Waals surface area (Å²) in [5, 5.41) is 0.509. The van der Waals surface area contributed by atoms with Gasteiger partial charge in [-0.1, -0.05) is 0 Å². The van der Waals surface area contributed by atoms with Crippen LogP contribution in [0.5, 0.6) is 0 Å². The van der Waals surface area contributed by atoms with Gasteiger partial charge in [0.25, 0.3) is 6.43 Å². The van der Waals surface area contributed by atoms with Gasteiger partial charge in [-0.15, -0.1) is 24.0 Å². The fourth-order valence-corrected chi connectivity index (χ4v) is 2.78. The van der Waals surface area contributed by atoms with Crippen LogP contribution in [0.3, 0.4) is 0 Å². The average molecular weight is 231 g/mol. The van der Waals surface area contributed by atoms with E-state index in [1.807, 2.05) is 0 Å². The lowest BCUT2D eigenvalue weighted by atomic mass is 10.1. The first kappa shape index (κ1) is 9.73. The van der Waals surface area contributed by atoms with Crippen molar-refractivity contribution in [2.45, 2.75) is 10.6 Å². The van der Waals surface area contributed by atoms with Gasteiger partial charge in [-0.05, 0) is 18.2 Å². The van der Waals surface area contributed by atoms with E-state index in [0.29, 0.717) is 15.3 Å². The molecule has 0 radical (unpaired) electrons. The molecular formula is C9H7F2NS2. The zero-order valence-corrected chi connectivity index (χ0v) is 8.71. The number of nitrogens with two attached hydrogens (primary N) is 1. The Bertz CT molecular complexity index is 479. The number of fused-ring (bicyclic) bond motifs is 1. The molecule has 0 bridgehead atoms. The van der Waals surface area contributed by atoms with E-state index < -0.39 is 6.43 Å². The van der Waals surface area contributed by atoms with Gasteiger partial charge >= 0.3 is 0 Å². The number of halogens is 2. The molecule has 0 amide bonds.